The van der Waals surface area contributed by atoms with Gasteiger partial charge >= 0.3 is 0 Å². The highest BCUT2D eigenvalue weighted by Gasteiger charge is 2.18. The zero-order valence-electron chi connectivity index (χ0n) is 8.45. The second-order valence-corrected chi connectivity index (χ2v) is 3.71. The molecular weight excluding hydrogens is 170 g/mol. The summed E-state index contributed by atoms with van der Waals surface area (Å²) in [7, 11) is 0. The van der Waals surface area contributed by atoms with E-state index < -0.39 is 11.7 Å². The third-order valence-electron chi connectivity index (χ3n) is 1.89. The summed E-state index contributed by atoms with van der Waals surface area (Å²) in [6.45, 7) is 4.28. The maximum absolute atomic E-state index is 9.69. The molecule has 0 aromatic rings. The average molecular weight is 191 g/mol. The summed E-state index contributed by atoms with van der Waals surface area (Å²) in [5.41, 5.74) is -0.718. The molecule has 0 saturated carbocycles. The van der Waals surface area contributed by atoms with E-state index in [1.807, 2.05) is 6.92 Å². The van der Waals surface area contributed by atoms with Gasteiger partial charge in [0.15, 0.2) is 0 Å². The molecule has 13 heavy (non-hydrogen) atoms. The molecule has 0 radical (unpaired) electrons. The Bertz CT molecular complexity index is 128. The molecule has 4 N–H and O–H groups in total. The Labute approximate surface area is 79.6 Å². The Morgan fingerprint density at radius 2 is 2.08 bits per heavy atom. The van der Waals surface area contributed by atoms with Gasteiger partial charge in [0, 0.05) is 13.1 Å². The predicted molar refractivity (Wildman–Crippen MR) is 51.5 cm³/mol. The zero-order valence-corrected chi connectivity index (χ0v) is 8.45. The van der Waals surface area contributed by atoms with Gasteiger partial charge in [0.25, 0.3) is 0 Å². The van der Waals surface area contributed by atoms with E-state index in [4.69, 9.17) is 10.2 Å². The van der Waals surface area contributed by atoms with Gasteiger partial charge in [-0.2, -0.15) is 0 Å². The van der Waals surface area contributed by atoms with E-state index in [-0.39, 0.29) is 6.61 Å². The molecule has 0 fully saturated rings. The van der Waals surface area contributed by atoms with Crippen molar-refractivity contribution in [1.82, 2.24) is 5.32 Å². The van der Waals surface area contributed by atoms with Crippen LogP contribution in [0.4, 0.5) is 0 Å². The van der Waals surface area contributed by atoms with Gasteiger partial charge in [0.05, 0.1) is 18.3 Å². The smallest absolute Gasteiger partial charge is 0.0894 e. The van der Waals surface area contributed by atoms with Gasteiger partial charge in [-0.3, -0.25) is 0 Å². The van der Waals surface area contributed by atoms with E-state index in [2.05, 4.69) is 5.32 Å². The van der Waals surface area contributed by atoms with E-state index in [1.165, 1.54) is 0 Å². The van der Waals surface area contributed by atoms with Crippen molar-refractivity contribution in [2.45, 2.75) is 38.4 Å². The maximum atomic E-state index is 9.69. The SMILES string of the molecule is CCCC(C)(O)CNC[C@H](O)CO. The second-order valence-electron chi connectivity index (χ2n) is 3.71. The van der Waals surface area contributed by atoms with Crippen LogP contribution in [-0.4, -0.2) is 46.7 Å². The van der Waals surface area contributed by atoms with Crippen LogP contribution in [0.1, 0.15) is 26.7 Å². The first-order valence-electron chi connectivity index (χ1n) is 4.74. The highest BCUT2D eigenvalue weighted by molar-refractivity contribution is 4.75. The van der Waals surface area contributed by atoms with Crippen molar-refractivity contribution >= 4 is 0 Å². The molecular formula is C9H21NO3. The standard InChI is InChI=1S/C9H21NO3/c1-3-4-9(2,13)7-10-5-8(12)6-11/h8,10-13H,3-7H2,1-2H3/t8-,9?/m0/s1. The molecule has 1 unspecified atom stereocenters. The summed E-state index contributed by atoms with van der Waals surface area (Å²) in [6.07, 6.45) is 0.921. The molecule has 2 atom stereocenters. The minimum Gasteiger partial charge on any atom is -0.394 e. The number of rotatable bonds is 7. The summed E-state index contributed by atoms with van der Waals surface area (Å²) >= 11 is 0. The Morgan fingerprint density at radius 1 is 1.46 bits per heavy atom. The summed E-state index contributed by atoms with van der Waals surface area (Å²) < 4.78 is 0. The number of aliphatic hydroxyl groups is 3. The molecule has 0 aliphatic carbocycles. The summed E-state index contributed by atoms with van der Waals surface area (Å²) in [6, 6.07) is 0. The zero-order chi connectivity index (χ0) is 10.3. The van der Waals surface area contributed by atoms with Crippen molar-refractivity contribution in [2.24, 2.45) is 0 Å². The van der Waals surface area contributed by atoms with Gasteiger partial charge in [-0.1, -0.05) is 13.3 Å². The molecule has 0 bridgehead atoms. The number of hydrogen-bond donors (Lipinski definition) is 4. The first-order valence-corrected chi connectivity index (χ1v) is 4.74. The van der Waals surface area contributed by atoms with Crippen LogP contribution in [0.15, 0.2) is 0 Å². The van der Waals surface area contributed by atoms with Crippen molar-refractivity contribution in [3.05, 3.63) is 0 Å². The van der Waals surface area contributed by atoms with E-state index in [0.717, 1.165) is 12.8 Å². The molecule has 0 spiro atoms. The van der Waals surface area contributed by atoms with Gasteiger partial charge in [0.2, 0.25) is 0 Å². The largest absolute Gasteiger partial charge is 0.394 e. The van der Waals surface area contributed by atoms with Gasteiger partial charge in [0.1, 0.15) is 0 Å². The lowest BCUT2D eigenvalue weighted by Crippen LogP contribution is -2.41. The number of aliphatic hydroxyl groups excluding tert-OH is 2. The van der Waals surface area contributed by atoms with E-state index in [9.17, 15) is 5.11 Å². The Morgan fingerprint density at radius 3 is 2.54 bits per heavy atom. The van der Waals surface area contributed by atoms with Gasteiger partial charge < -0.3 is 20.6 Å². The lowest BCUT2D eigenvalue weighted by atomic mass is 10.0. The fourth-order valence-electron chi connectivity index (χ4n) is 1.20. The first-order chi connectivity index (χ1) is 6.02. The van der Waals surface area contributed by atoms with Crippen molar-refractivity contribution in [1.29, 1.82) is 0 Å². The molecule has 0 aromatic carbocycles. The van der Waals surface area contributed by atoms with Gasteiger partial charge in [-0.05, 0) is 13.3 Å². The van der Waals surface area contributed by atoms with Gasteiger partial charge in [-0.15, -0.1) is 0 Å². The van der Waals surface area contributed by atoms with Crippen LogP contribution in [0, 0.1) is 0 Å². The fraction of sp³-hybridized carbons (Fsp3) is 1.00. The minimum atomic E-state index is -0.738. The average Bonchev–Trinajstić information content (AvgIpc) is 2.03. The Hall–Kier alpha value is -0.160. The van der Waals surface area contributed by atoms with E-state index >= 15 is 0 Å². The number of nitrogens with one attached hydrogen (secondary N) is 1. The van der Waals surface area contributed by atoms with E-state index in [0.29, 0.717) is 13.1 Å². The molecule has 4 nitrogen and oxygen atoms in total. The summed E-state index contributed by atoms with van der Waals surface area (Å²) in [4.78, 5) is 0. The molecule has 0 rings (SSSR count). The van der Waals surface area contributed by atoms with Crippen molar-refractivity contribution in [3.63, 3.8) is 0 Å². The summed E-state index contributed by atoms with van der Waals surface area (Å²) in [5, 5.41) is 30.1. The van der Waals surface area contributed by atoms with Crippen LogP contribution >= 0.6 is 0 Å². The Kier molecular flexibility index (Phi) is 6.24. The molecule has 0 aliphatic heterocycles. The molecule has 80 valence electrons. The van der Waals surface area contributed by atoms with Crippen LogP contribution in [0.2, 0.25) is 0 Å². The lowest BCUT2D eigenvalue weighted by molar-refractivity contribution is 0.0413. The summed E-state index contributed by atoms with van der Waals surface area (Å²) in [5.74, 6) is 0. The van der Waals surface area contributed by atoms with Crippen LogP contribution in [0.25, 0.3) is 0 Å². The van der Waals surface area contributed by atoms with Crippen LogP contribution in [0.5, 0.6) is 0 Å². The quantitative estimate of drug-likeness (QED) is 0.437. The topological polar surface area (TPSA) is 72.7 Å². The van der Waals surface area contributed by atoms with Gasteiger partial charge in [-0.25, -0.2) is 0 Å². The predicted octanol–water partition coefficient (Wildman–Crippen LogP) is -0.520. The van der Waals surface area contributed by atoms with Crippen LogP contribution < -0.4 is 5.32 Å². The Balaban J connectivity index is 3.50. The normalized spacial score (nSPS) is 18.2. The van der Waals surface area contributed by atoms with Crippen molar-refractivity contribution in [3.8, 4) is 0 Å². The molecule has 0 aromatic heterocycles. The number of hydrogen-bond acceptors (Lipinski definition) is 4. The van der Waals surface area contributed by atoms with Crippen LogP contribution in [0.3, 0.4) is 0 Å². The highest BCUT2D eigenvalue weighted by atomic mass is 16.3. The maximum Gasteiger partial charge on any atom is 0.0894 e. The van der Waals surface area contributed by atoms with Crippen LogP contribution in [-0.2, 0) is 0 Å². The molecule has 0 saturated heterocycles. The molecule has 0 heterocycles. The fourth-order valence-corrected chi connectivity index (χ4v) is 1.20. The van der Waals surface area contributed by atoms with Crippen molar-refractivity contribution < 1.29 is 15.3 Å². The molecule has 0 amide bonds. The molecule has 4 heteroatoms. The minimum absolute atomic E-state index is 0.247. The lowest BCUT2D eigenvalue weighted by Gasteiger charge is -2.23. The van der Waals surface area contributed by atoms with E-state index in [1.54, 1.807) is 6.92 Å². The monoisotopic (exact) mass is 191 g/mol. The molecule has 0 aliphatic rings. The van der Waals surface area contributed by atoms with Crippen molar-refractivity contribution in [2.75, 3.05) is 19.7 Å². The second kappa shape index (κ2) is 6.32. The highest BCUT2D eigenvalue weighted by Crippen LogP contribution is 2.09. The third-order valence-corrected chi connectivity index (χ3v) is 1.89. The first kappa shape index (κ1) is 12.8. The third kappa shape index (κ3) is 6.95.